The van der Waals surface area contributed by atoms with E-state index in [-0.39, 0.29) is 15.1 Å². The maximum absolute atomic E-state index is 11.7. The van der Waals surface area contributed by atoms with Gasteiger partial charge in [-0.1, -0.05) is 52.5 Å². The fourth-order valence-corrected chi connectivity index (χ4v) is 3.24. The Kier molecular flexibility index (Phi) is 6.43. The molecule has 0 radical (unpaired) electrons. The summed E-state index contributed by atoms with van der Waals surface area (Å²) in [5.74, 6) is 5.55. The number of nitrogens with two attached hydrogens (primary N) is 1. The van der Waals surface area contributed by atoms with Crippen molar-refractivity contribution in [3.63, 3.8) is 0 Å². The second kappa shape index (κ2) is 8.14. The van der Waals surface area contributed by atoms with E-state index >= 15 is 0 Å². The number of amides is 1. The van der Waals surface area contributed by atoms with Crippen molar-refractivity contribution in [2.75, 3.05) is 7.11 Å². The molecule has 2 aromatic carbocycles. The molecule has 2 aromatic rings. The number of halogens is 4. The lowest BCUT2D eigenvalue weighted by molar-refractivity contribution is 0.117. The Balaban J connectivity index is 2.61. The average molecular weight is 410 g/mol. The van der Waals surface area contributed by atoms with Gasteiger partial charge in [-0.25, -0.2) is 10.6 Å². The minimum absolute atomic E-state index is 0.236. The highest BCUT2D eigenvalue weighted by Crippen LogP contribution is 2.41. The number of hydrazine groups is 1. The first-order valence-corrected chi connectivity index (χ1v) is 8.03. The number of rotatable bonds is 4. The predicted molar refractivity (Wildman–Crippen MR) is 95.1 cm³/mol. The van der Waals surface area contributed by atoms with Crippen molar-refractivity contribution < 1.29 is 14.3 Å². The van der Waals surface area contributed by atoms with E-state index < -0.39 is 12.2 Å². The molecule has 24 heavy (non-hydrogen) atoms. The Bertz CT molecular complexity index is 747. The molecule has 1 atom stereocenters. The van der Waals surface area contributed by atoms with Gasteiger partial charge < -0.3 is 9.47 Å². The van der Waals surface area contributed by atoms with Gasteiger partial charge in [0.25, 0.3) is 0 Å². The fourth-order valence-electron chi connectivity index (χ4n) is 2.06. The second-order valence-corrected chi connectivity index (χ2v) is 6.26. The summed E-state index contributed by atoms with van der Waals surface area (Å²) in [6.07, 6.45) is -1.88. The topological polar surface area (TPSA) is 73.6 Å². The van der Waals surface area contributed by atoms with Gasteiger partial charge in [0, 0.05) is 21.2 Å². The molecule has 0 saturated carbocycles. The molecule has 1 amide bonds. The maximum atomic E-state index is 11.7. The third-order valence-corrected chi connectivity index (χ3v) is 4.33. The van der Waals surface area contributed by atoms with Crippen molar-refractivity contribution in [3.05, 3.63) is 61.5 Å². The van der Waals surface area contributed by atoms with Crippen LogP contribution in [0.25, 0.3) is 0 Å². The van der Waals surface area contributed by atoms with Gasteiger partial charge in [-0.3, -0.25) is 5.43 Å². The first-order valence-electron chi connectivity index (χ1n) is 6.52. The van der Waals surface area contributed by atoms with E-state index in [1.54, 1.807) is 24.3 Å². The summed E-state index contributed by atoms with van der Waals surface area (Å²) in [5.41, 5.74) is 2.67. The summed E-state index contributed by atoms with van der Waals surface area (Å²) in [4.78, 5) is 11.7. The van der Waals surface area contributed by atoms with Gasteiger partial charge in [0.1, 0.15) is 5.75 Å². The lowest BCUT2D eigenvalue weighted by atomic mass is 10.0. The van der Waals surface area contributed by atoms with Crippen LogP contribution in [0.3, 0.4) is 0 Å². The number of carbonyl (C=O) groups is 1. The molecular formula is C15H12Cl4N2O3. The van der Waals surface area contributed by atoms with Gasteiger partial charge in [-0.15, -0.1) is 0 Å². The molecule has 0 spiro atoms. The molecule has 2 rings (SSSR count). The summed E-state index contributed by atoms with van der Waals surface area (Å²) in [5, 5.41) is 1.18. The molecule has 0 aromatic heterocycles. The van der Waals surface area contributed by atoms with Gasteiger partial charge in [0.15, 0.2) is 6.10 Å². The number of ether oxygens (including phenoxy) is 2. The Hall–Kier alpha value is -1.37. The first kappa shape index (κ1) is 19.0. The third-order valence-electron chi connectivity index (χ3n) is 3.14. The first-order chi connectivity index (χ1) is 11.4. The standard InChI is InChI=1S/C15H12Cl4N2O3/c1-23-8-5-11(18)13(12(19)6-8)14(24-15(22)21-20)9-3-2-7(16)4-10(9)17/h2-6,14H,20H2,1H3,(H,21,22)/t14-/m0/s1. The summed E-state index contributed by atoms with van der Waals surface area (Å²) >= 11 is 24.7. The fraction of sp³-hybridized carbons (Fsp3) is 0.133. The van der Waals surface area contributed by atoms with Gasteiger partial charge in [-0.05, 0) is 24.3 Å². The summed E-state index contributed by atoms with van der Waals surface area (Å²) in [7, 11) is 1.48. The van der Waals surface area contributed by atoms with Crippen LogP contribution in [-0.4, -0.2) is 13.2 Å². The monoisotopic (exact) mass is 408 g/mol. The zero-order valence-corrected chi connectivity index (χ0v) is 15.3. The molecule has 128 valence electrons. The Labute approximate surface area is 158 Å². The van der Waals surface area contributed by atoms with Crippen molar-refractivity contribution in [1.82, 2.24) is 5.43 Å². The maximum Gasteiger partial charge on any atom is 0.422 e. The average Bonchev–Trinajstić information content (AvgIpc) is 2.53. The van der Waals surface area contributed by atoms with E-state index in [1.807, 2.05) is 5.43 Å². The molecule has 0 aliphatic rings. The Morgan fingerprint density at radius 2 is 1.71 bits per heavy atom. The van der Waals surface area contributed by atoms with Crippen molar-refractivity contribution in [3.8, 4) is 5.75 Å². The molecule has 0 bridgehead atoms. The largest absolute Gasteiger partial charge is 0.497 e. The van der Waals surface area contributed by atoms with Crippen molar-refractivity contribution in [2.24, 2.45) is 5.84 Å². The highest BCUT2D eigenvalue weighted by molar-refractivity contribution is 6.37. The van der Waals surface area contributed by atoms with E-state index in [2.05, 4.69) is 0 Å². The number of carbonyl (C=O) groups excluding carboxylic acids is 1. The van der Waals surface area contributed by atoms with Crippen LogP contribution in [0.4, 0.5) is 4.79 Å². The van der Waals surface area contributed by atoms with Crippen molar-refractivity contribution in [2.45, 2.75) is 6.10 Å². The third kappa shape index (κ3) is 4.18. The van der Waals surface area contributed by atoms with Crippen molar-refractivity contribution >= 4 is 52.5 Å². The quantitative estimate of drug-likeness (QED) is 0.423. The van der Waals surface area contributed by atoms with Gasteiger partial charge in [0.2, 0.25) is 0 Å². The molecule has 5 nitrogen and oxygen atoms in total. The number of hydrogen-bond acceptors (Lipinski definition) is 4. The van der Waals surface area contributed by atoms with Gasteiger partial charge in [-0.2, -0.15) is 0 Å². The molecule has 3 N–H and O–H groups in total. The predicted octanol–water partition coefficient (Wildman–Crippen LogP) is 5.00. The van der Waals surface area contributed by atoms with E-state index in [1.165, 1.54) is 13.2 Å². The van der Waals surface area contributed by atoms with Crippen molar-refractivity contribution in [1.29, 1.82) is 0 Å². The van der Waals surface area contributed by atoms with Crippen LogP contribution in [0, 0.1) is 0 Å². The minimum atomic E-state index is -0.996. The minimum Gasteiger partial charge on any atom is -0.497 e. The molecular weight excluding hydrogens is 398 g/mol. The number of methoxy groups -OCH3 is 1. The highest BCUT2D eigenvalue weighted by atomic mass is 35.5. The molecule has 0 unspecified atom stereocenters. The molecule has 0 aliphatic carbocycles. The summed E-state index contributed by atoms with van der Waals surface area (Å²) in [6.45, 7) is 0. The summed E-state index contributed by atoms with van der Waals surface area (Å²) < 4.78 is 10.4. The zero-order chi connectivity index (χ0) is 17.9. The highest BCUT2D eigenvalue weighted by Gasteiger charge is 2.27. The number of hydrogen-bond donors (Lipinski definition) is 2. The molecule has 0 heterocycles. The number of benzene rings is 2. The normalized spacial score (nSPS) is 11.8. The molecule has 0 saturated heterocycles. The van der Waals surface area contributed by atoms with Crippen LogP contribution in [0.5, 0.6) is 5.75 Å². The van der Waals surface area contributed by atoms with E-state index in [9.17, 15) is 4.79 Å². The van der Waals surface area contributed by atoms with E-state index in [0.717, 1.165) is 0 Å². The summed E-state index contributed by atoms with van der Waals surface area (Å²) in [6, 6.07) is 7.81. The number of nitrogens with one attached hydrogen (secondary N) is 1. The SMILES string of the molecule is COc1cc(Cl)c([C@@H](OC(=O)NN)c2ccc(Cl)cc2Cl)c(Cl)c1. The van der Waals surface area contributed by atoms with Crippen LogP contribution in [0.15, 0.2) is 30.3 Å². The lowest BCUT2D eigenvalue weighted by Gasteiger charge is -2.22. The van der Waals surface area contributed by atoms with E-state index in [0.29, 0.717) is 21.9 Å². The van der Waals surface area contributed by atoms with Crippen LogP contribution in [-0.2, 0) is 4.74 Å². The molecule has 9 heteroatoms. The zero-order valence-electron chi connectivity index (χ0n) is 12.3. The Morgan fingerprint density at radius 3 is 2.21 bits per heavy atom. The van der Waals surface area contributed by atoms with Gasteiger partial charge in [0.05, 0.1) is 17.2 Å². The van der Waals surface area contributed by atoms with E-state index in [4.69, 9.17) is 61.7 Å². The van der Waals surface area contributed by atoms with Crippen LogP contribution >= 0.6 is 46.4 Å². The lowest BCUT2D eigenvalue weighted by Crippen LogP contribution is -2.32. The van der Waals surface area contributed by atoms with Crippen LogP contribution in [0.2, 0.25) is 20.1 Å². The van der Waals surface area contributed by atoms with Gasteiger partial charge >= 0.3 is 6.09 Å². The molecule has 0 aliphatic heterocycles. The van der Waals surface area contributed by atoms with Crippen LogP contribution < -0.4 is 16.0 Å². The Morgan fingerprint density at radius 1 is 1.08 bits per heavy atom. The van der Waals surface area contributed by atoms with Crippen LogP contribution in [0.1, 0.15) is 17.2 Å². The smallest absolute Gasteiger partial charge is 0.422 e. The second-order valence-electron chi connectivity index (χ2n) is 4.60. The molecule has 0 fully saturated rings.